The molecule has 0 aromatic carbocycles. The summed E-state index contributed by atoms with van der Waals surface area (Å²) in [6, 6.07) is 1.50. The van der Waals surface area contributed by atoms with Crippen LogP contribution in [0.15, 0.2) is 10.6 Å². The van der Waals surface area contributed by atoms with Gasteiger partial charge in [0, 0.05) is 24.6 Å². The Morgan fingerprint density at radius 1 is 1.52 bits per heavy atom. The van der Waals surface area contributed by atoms with Gasteiger partial charge in [0.2, 0.25) is 0 Å². The molecule has 1 aromatic heterocycles. The lowest BCUT2D eigenvalue weighted by Crippen LogP contribution is -2.48. The summed E-state index contributed by atoms with van der Waals surface area (Å²) < 4.78 is 10.4. The van der Waals surface area contributed by atoms with Crippen LogP contribution < -0.4 is 10.2 Å². The Bertz CT molecular complexity index is 622. The molecule has 8 heteroatoms. The topological polar surface area (TPSA) is 87.9 Å². The summed E-state index contributed by atoms with van der Waals surface area (Å²) in [7, 11) is 1.73. The Hall–Kier alpha value is -2.09. The van der Waals surface area contributed by atoms with Crippen LogP contribution in [-0.2, 0) is 14.9 Å². The fourth-order valence-corrected chi connectivity index (χ4v) is 2.71. The van der Waals surface area contributed by atoms with Crippen LogP contribution in [0.5, 0.6) is 0 Å². The van der Waals surface area contributed by atoms with Crippen molar-refractivity contribution in [2.24, 2.45) is 0 Å². The molecule has 25 heavy (non-hydrogen) atoms. The molecular formula is C17H28N4O4. The molecule has 2 atom stereocenters. The van der Waals surface area contributed by atoms with E-state index in [4.69, 9.17) is 9.26 Å². The first-order valence-corrected chi connectivity index (χ1v) is 8.56. The van der Waals surface area contributed by atoms with Gasteiger partial charge in [-0.3, -0.25) is 15.0 Å². The van der Waals surface area contributed by atoms with Crippen LogP contribution in [0.1, 0.15) is 46.8 Å². The molecule has 0 saturated carbocycles. The van der Waals surface area contributed by atoms with E-state index in [0.717, 1.165) is 0 Å². The predicted octanol–water partition coefficient (Wildman–Crippen LogP) is 2.10. The van der Waals surface area contributed by atoms with Crippen molar-refractivity contribution in [3.8, 4) is 0 Å². The zero-order chi connectivity index (χ0) is 18.8. The molecule has 1 aromatic rings. The van der Waals surface area contributed by atoms with Gasteiger partial charge in [0.15, 0.2) is 5.82 Å². The molecular weight excluding hydrogens is 324 g/mol. The van der Waals surface area contributed by atoms with Gasteiger partial charge in [-0.2, -0.15) is 0 Å². The van der Waals surface area contributed by atoms with Crippen LogP contribution in [-0.4, -0.2) is 54.5 Å². The van der Waals surface area contributed by atoms with E-state index < -0.39 is 0 Å². The van der Waals surface area contributed by atoms with E-state index >= 15 is 0 Å². The number of hydrogen-bond donors (Lipinski definition) is 1. The Morgan fingerprint density at radius 2 is 2.20 bits per heavy atom. The zero-order valence-corrected chi connectivity index (χ0v) is 15.8. The second kappa shape index (κ2) is 7.43. The maximum absolute atomic E-state index is 12.5. The Kier molecular flexibility index (Phi) is 5.72. The summed E-state index contributed by atoms with van der Waals surface area (Å²) >= 11 is 0. The molecule has 0 radical (unpaired) electrons. The quantitative estimate of drug-likeness (QED) is 0.789. The molecule has 0 spiro atoms. The molecule has 0 aliphatic carbocycles. The van der Waals surface area contributed by atoms with Gasteiger partial charge in [-0.1, -0.05) is 25.9 Å². The van der Waals surface area contributed by atoms with Crippen LogP contribution in [0.2, 0.25) is 0 Å². The molecule has 8 nitrogen and oxygen atoms in total. The zero-order valence-electron chi connectivity index (χ0n) is 15.8. The van der Waals surface area contributed by atoms with Gasteiger partial charge in [0.1, 0.15) is 11.9 Å². The van der Waals surface area contributed by atoms with E-state index in [9.17, 15) is 9.59 Å². The normalized spacial score (nSPS) is 19.4. The molecule has 1 aliphatic rings. The summed E-state index contributed by atoms with van der Waals surface area (Å²) in [6.45, 7) is 10.6. The van der Waals surface area contributed by atoms with Crippen molar-refractivity contribution in [3.63, 3.8) is 0 Å². The first kappa shape index (κ1) is 19.2. The standard InChI is InChI=1S/C17H28N4O4/c1-7-24-15(22)8-11(2)18-14-10-20(6)16(23)21(14)13-9-12(25-19-13)17(3,4)5/h9,11,14,18H,7-8,10H2,1-6H3. The van der Waals surface area contributed by atoms with E-state index in [0.29, 0.717) is 24.7 Å². The minimum Gasteiger partial charge on any atom is -0.466 e. The molecule has 140 valence electrons. The lowest BCUT2D eigenvalue weighted by molar-refractivity contribution is -0.143. The van der Waals surface area contributed by atoms with Crippen molar-refractivity contribution in [3.05, 3.63) is 11.8 Å². The highest BCUT2D eigenvalue weighted by atomic mass is 16.5. The van der Waals surface area contributed by atoms with E-state index in [1.54, 1.807) is 29.8 Å². The highest BCUT2D eigenvalue weighted by molar-refractivity contribution is 5.93. The Balaban J connectivity index is 2.13. The minimum atomic E-state index is -0.292. The lowest BCUT2D eigenvalue weighted by Gasteiger charge is -2.24. The summed E-state index contributed by atoms with van der Waals surface area (Å²) in [5.41, 5.74) is -0.194. The SMILES string of the molecule is CCOC(=O)CC(C)NC1CN(C)C(=O)N1c1cc(C(C)(C)C)on1. The van der Waals surface area contributed by atoms with Crippen molar-refractivity contribution >= 4 is 17.8 Å². The van der Waals surface area contributed by atoms with Crippen LogP contribution in [0.4, 0.5) is 10.6 Å². The molecule has 0 bridgehead atoms. The first-order chi connectivity index (χ1) is 11.6. The highest BCUT2D eigenvalue weighted by Crippen LogP contribution is 2.29. The lowest BCUT2D eigenvalue weighted by atomic mass is 9.93. The number of rotatable bonds is 6. The third-order valence-corrected chi connectivity index (χ3v) is 4.03. The van der Waals surface area contributed by atoms with Crippen LogP contribution >= 0.6 is 0 Å². The number of ether oxygens (including phenoxy) is 1. The van der Waals surface area contributed by atoms with Crippen molar-refractivity contribution in [1.29, 1.82) is 0 Å². The molecule has 1 fully saturated rings. The largest absolute Gasteiger partial charge is 0.466 e. The third-order valence-electron chi connectivity index (χ3n) is 4.03. The number of carbonyl (C=O) groups excluding carboxylic acids is 2. The number of nitrogens with one attached hydrogen (secondary N) is 1. The third kappa shape index (κ3) is 4.50. The maximum atomic E-state index is 12.5. The summed E-state index contributed by atoms with van der Waals surface area (Å²) in [5, 5.41) is 7.38. The van der Waals surface area contributed by atoms with Crippen LogP contribution in [0, 0.1) is 0 Å². The van der Waals surface area contributed by atoms with Crippen LogP contribution in [0.3, 0.4) is 0 Å². The van der Waals surface area contributed by atoms with Gasteiger partial charge >= 0.3 is 12.0 Å². The number of nitrogens with zero attached hydrogens (tertiary/aromatic N) is 3. The Labute approximate surface area is 148 Å². The fraction of sp³-hybridized carbons (Fsp3) is 0.706. The number of carbonyl (C=O) groups is 2. The van der Waals surface area contributed by atoms with Gasteiger partial charge in [-0.15, -0.1) is 0 Å². The second-order valence-corrected chi connectivity index (χ2v) is 7.43. The van der Waals surface area contributed by atoms with E-state index in [2.05, 4.69) is 10.5 Å². The molecule has 1 aliphatic heterocycles. The van der Waals surface area contributed by atoms with Gasteiger partial charge < -0.3 is 14.2 Å². The smallest absolute Gasteiger partial charge is 0.327 e. The van der Waals surface area contributed by atoms with Crippen molar-refractivity contribution in [1.82, 2.24) is 15.4 Å². The monoisotopic (exact) mass is 352 g/mol. The van der Waals surface area contributed by atoms with E-state index in [-0.39, 0.29) is 36.0 Å². The number of esters is 1. The number of urea groups is 1. The first-order valence-electron chi connectivity index (χ1n) is 8.56. The average molecular weight is 352 g/mol. The summed E-state index contributed by atoms with van der Waals surface area (Å²) in [5.74, 6) is 0.923. The number of amides is 2. The molecule has 1 saturated heterocycles. The minimum absolute atomic E-state index is 0.139. The summed E-state index contributed by atoms with van der Waals surface area (Å²) in [6.07, 6.45) is -0.0536. The summed E-state index contributed by atoms with van der Waals surface area (Å²) in [4.78, 5) is 27.3. The molecule has 1 N–H and O–H groups in total. The Morgan fingerprint density at radius 3 is 2.76 bits per heavy atom. The molecule has 2 heterocycles. The maximum Gasteiger partial charge on any atom is 0.327 e. The second-order valence-electron chi connectivity index (χ2n) is 7.43. The average Bonchev–Trinajstić information content (AvgIpc) is 3.05. The van der Waals surface area contributed by atoms with Gasteiger partial charge in [0.25, 0.3) is 0 Å². The number of hydrogen-bond acceptors (Lipinski definition) is 6. The van der Waals surface area contributed by atoms with Crippen molar-refractivity contribution in [2.45, 2.75) is 58.7 Å². The predicted molar refractivity (Wildman–Crippen MR) is 93.3 cm³/mol. The van der Waals surface area contributed by atoms with Crippen LogP contribution in [0.25, 0.3) is 0 Å². The molecule has 2 amide bonds. The van der Waals surface area contributed by atoms with Gasteiger partial charge in [0.05, 0.1) is 19.6 Å². The van der Waals surface area contributed by atoms with Crippen molar-refractivity contribution in [2.75, 3.05) is 25.1 Å². The molecule has 2 unspecified atom stereocenters. The number of likely N-dealkylation sites (N-methyl/N-ethyl adjacent to an activating group) is 1. The van der Waals surface area contributed by atoms with Crippen molar-refractivity contribution < 1.29 is 18.8 Å². The highest BCUT2D eigenvalue weighted by Gasteiger charge is 2.39. The van der Waals surface area contributed by atoms with E-state index in [1.807, 2.05) is 27.7 Å². The number of aromatic nitrogens is 1. The van der Waals surface area contributed by atoms with Gasteiger partial charge in [-0.25, -0.2) is 4.79 Å². The fourth-order valence-electron chi connectivity index (χ4n) is 2.71. The number of anilines is 1. The van der Waals surface area contributed by atoms with Gasteiger partial charge in [-0.05, 0) is 13.8 Å². The molecule has 2 rings (SSSR count). The van der Waals surface area contributed by atoms with E-state index in [1.165, 1.54) is 0 Å².